The summed E-state index contributed by atoms with van der Waals surface area (Å²) in [5.74, 6) is 0. The van der Waals surface area contributed by atoms with Gasteiger partial charge in [-0.1, -0.05) is 0 Å². The van der Waals surface area contributed by atoms with Gasteiger partial charge >= 0.3 is 9.53 Å². The summed E-state index contributed by atoms with van der Waals surface area (Å²) >= 11 is 0. The van der Waals surface area contributed by atoms with Crippen molar-refractivity contribution in [3.63, 3.8) is 0 Å². The Morgan fingerprint density at radius 3 is 2.21 bits per heavy atom. The van der Waals surface area contributed by atoms with Gasteiger partial charge in [-0.2, -0.15) is 0 Å². The summed E-state index contributed by atoms with van der Waals surface area (Å²) in [6.07, 6.45) is 2.12. The van der Waals surface area contributed by atoms with Crippen molar-refractivity contribution in [2.75, 3.05) is 19.8 Å². The summed E-state index contributed by atoms with van der Waals surface area (Å²) in [7, 11) is -1.52. The fraction of sp³-hybridized carbons (Fsp3) is 1.00. The van der Waals surface area contributed by atoms with E-state index in [1.54, 1.807) is 0 Å². The molecule has 85 valence electrons. The molecular weight excluding hydrogens is 198 g/mol. The van der Waals surface area contributed by atoms with E-state index in [1.807, 2.05) is 20.8 Å². The first-order valence-electron chi connectivity index (χ1n) is 5.23. The lowest BCUT2D eigenvalue weighted by Gasteiger charge is -2.17. The van der Waals surface area contributed by atoms with E-state index in [1.165, 1.54) is 0 Å². The van der Waals surface area contributed by atoms with Crippen LogP contribution in [-0.4, -0.2) is 35.4 Å². The third-order valence-electron chi connectivity index (χ3n) is 1.64. The van der Waals surface area contributed by atoms with Gasteiger partial charge in [-0.3, -0.25) is 0 Å². The normalized spacial score (nSPS) is 13.5. The van der Waals surface area contributed by atoms with Crippen molar-refractivity contribution in [1.82, 2.24) is 0 Å². The van der Waals surface area contributed by atoms with Gasteiger partial charge in [0.25, 0.3) is 0 Å². The maximum absolute atomic E-state index is 5.64. The molecule has 14 heavy (non-hydrogen) atoms. The highest BCUT2D eigenvalue weighted by Crippen LogP contribution is 2.04. The quantitative estimate of drug-likeness (QED) is 0.593. The fourth-order valence-electron chi connectivity index (χ4n) is 0.974. The lowest BCUT2D eigenvalue weighted by molar-refractivity contribution is 0.0664. The van der Waals surface area contributed by atoms with Crippen molar-refractivity contribution in [1.29, 1.82) is 0 Å². The summed E-state index contributed by atoms with van der Waals surface area (Å²) in [6, 6.07) is 0. The van der Waals surface area contributed by atoms with Gasteiger partial charge < -0.3 is 19.0 Å². The molecule has 0 fully saturated rings. The molecule has 1 atom stereocenters. The van der Waals surface area contributed by atoms with E-state index in [-0.39, 0.29) is 6.10 Å². The Bertz CT molecular complexity index is 121. The van der Waals surface area contributed by atoms with Crippen LogP contribution in [0.1, 0.15) is 33.6 Å². The molecule has 0 saturated carbocycles. The molecule has 0 amide bonds. The molecule has 0 spiro atoms. The van der Waals surface area contributed by atoms with Crippen LogP contribution in [-0.2, 0) is 13.3 Å². The highest BCUT2D eigenvalue weighted by molar-refractivity contribution is 6.36. The lowest BCUT2D eigenvalue weighted by atomic mass is 10.2. The second-order valence-corrected chi connectivity index (χ2v) is 4.29. The molecule has 0 aromatic rings. The summed E-state index contributed by atoms with van der Waals surface area (Å²) < 4.78 is 16.4. The van der Waals surface area contributed by atoms with Crippen LogP contribution >= 0.6 is 0 Å². The molecule has 4 nitrogen and oxygen atoms in total. The zero-order chi connectivity index (χ0) is 10.8. The van der Waals surface area contributed by atoms with E-state index in [0.717, 1.165) is 12.8 Å². The predicted molar refractivity (Wildman–Crippen MR) is 57.8 cm³/mol. The van der Waals surface area contributed by atoms with E-state index in [9.17, 15) is 0 Å². The average Bonchev–Trinajstić information content (AvgIpc) is 2.15. The summed E-state index contributed by atoms with van der Waals surface area (Å²) in [6.45, 7) is 7.89. The summed E-state index contributed by atoms with van der Waals surface area (Å²) in [4.78, 5) is 0. The van der Waals surface area contributed by atoms with Gasteiger partial charge in [0.2, 0.25) is 0 Å². The SMILES string of the molecule is CCO[Si](OCC)OC(C)CCCN. The van der Waals surface area contributed by atoms with Crippen molar-refractivity contribution in [2.24, 2.45) is 5.73 Å². The van der Waals surface area contributed by atoms with Gasteiger partial charge in [0.15, 0.2) is 0 Å². The van der Waals surface area contributed by atoms with Gasteiger partial charge in [0.1, 0.15) is 0 Å². The second-order valence-electron chi connectivity index (χ2n) is 2.98. The standard InChI is InChI=1S/C9H22NO3Si/c1-4-11-14(12-5-2)13-9(3)7-6-8-10/h9H,4-8,10H2,1-3H3. The molecule has 0 aromatic heterocycles. The Kier molecular flexibility index (Phi) is 9.64. The number of hydrogen-bond donors (Lipinski definition) is 1. The molecule has 0 aliphatic carbocycles. The Morgan fingerprint density at radius 1 is 1.21 bits per heavy atom. The van der Waals surface area contributed by atoms with Crippen LogP contribution in [0, 0.1) is 0 Å². The largest absolute Gasteiger partial charge is 0.577 e. The van der Waals surface area contributed by atoms with Gasteiger partial charge in [0, 0.05) is 19.3 Å². The Morgan fingerprint density at radius 2 is 1.79 bits per heavy atom. The number of hydrogen-bond acceptors (Lipinski definition) is 4. The molecule has 2 N–H and O–H groups in total. The smallest absolute Gasteiger partial charge is 0.371 e. The van der Waals surface area contributed by atoms with E-state index < -0.39 is 9.53 Å². The molecule has 0 saturated heterocycles. The molecule has 0 aliphatic heterocycles. The van der Waals surface area contributed by atoms with Crippen LogP contribution in [0.15, 0.2) is 0 Å². The number of nitrogens with two attached hydrogens (primary N) is 1. The minimum atomic E-state index is -1.52. The average molecular weight is 220 g/mol. The molecule has 1 unspecified atom stereocenters. The lowest BCUT2D eigenvalue weighted by Crippen LogP contribution is -2.31. The molecule has 0 bridgehead atoms. The number of rotatable bonds is 9. The van der Waals surface area contributed by atoms with Crippen molar-refractivity contribution in [3.05, 3.63) is 0 Å². The van der Waals surface area contributed by atoms with Crippen molar-refractivity contribution >= 4 is 9.53 Å². The van der Waals surface area contributed by atoms with Crippen molar-refractivity contribution < 1.29 is 13.3 Å². The maximum Gasteiger partial charge on any atom is 0.577 e. The van der Waals surface area contributed by atoms with Gasteiger partial charge in [-0.05, 0) is 40.2 Å². The Hall–Kier alpha value is 0.0569. The third-order valence-corrected chi connectivity index (χ3v) is 3.28. The van der Waals surface area contributed by atoms with Crippen LogP contribution in [0.2, 0.25) is 0 Å². The van der Waals surface area contributed by atoms with Crippen LogP contribution in [0.25, 0.3) is 0 Å². The Labute approximate surface area is 88.7 Å². The predicted octanol–water partition coefficient (Wildman–Crippen LogP) is 1.19. The first-order chi connectivity index (χ1) is 6.74. The van der Waals surface area contributed by atoms with Crippen molar-refractivity contribution in [2.45, 2.75) is 39.7 Å². The highest BCUT2D eigenvalue weighted by atomic mass is 28.3. The molecule has 1 radical (unpaired) electrons. The minimum absolute atomic E-state index is 0.172. The van der Waals surface area contributed by atoms with Gasteiger partial charge in [-0.15, -0.1) is 0 Å². The summed E-state index contributed by atoms with van der Waals surface area (Å²) in [5, 5.41) is 0. The Balaban J connectivity index is 3.64. The third kappa shape index (κ3) is 7.46. The van der Waals surface area contributed by atoms with Gasteiger partial charge in [-0.25, -0.2) is 0 Å². The van der Waals surface area contributed by atoms with Crippen LogP contribution < -0.4 is 5.73 Å². The maximum atomic E-state index is 5.64. The van der Waals surface area contributed by atoms with Crippen LogP contribution in [0.5, 0.6) is 0 Å². The molecular formula is C9H22NO3Si. The second kappa shape index (κ2) is 9.61. The molecule has 0 rings (SSSR count). The summed E-state index contributed by atoms with van der Waals surface area (Å²) in [5.41, 5.74) is 5.42. The zero-order valence-corrected chi connectivity index (χ0v) is 10.4. The molecule has 0 heterocycles. The van der Waals surface area contributed by atoms with Crippen LogP contribution in [0.4, 0.5) is 0 Å². The fourth-order valence-corrected chi connectivity index (χ4v) is 2.11. The van der Waals surface area contributed by atoms with Gasteiger partial charge in [0.05, 0.1) is 0 Å². The first kappa shape index (κ1) is 14.1. The molecule has 0 aliphatic rings. The van der Waals surface area contributed by atoms with Crippen LogP contribution in [0.3, 0.4) is 0 Å². The molecule has 5 heteroatoms. The topological polar surface area (TPSA) is 53.7 Å². The first-order valence-corrected chi connectivity index (χ1v) is 6.46. The molecule has 0 aromatic carbocycles. The monoisotopic (exact) mass is 220 g/mol. The zero-order valence-electron chi connectivity index (χ0n) is 9.41. The highest BCUT2D eigenvalue weighted by Gasteiger charge is 2.20. The van der Waals surface area contributed by atoms with E-state index in [4.69, 9.17) is 19.0 Å². The van der Waals surface area contributed by atoms with E-state index >= 15 is 0 Å². The van der Waals surface area contributed by atoms with Crippen molar-refractivity contribution in [3.8, 4) is 0 Å². The van der Waals surface area contributed by atoms with E-state index in [2.05, 4.69) is 0 Å². The van der Waals surface area contributed by atoms with E-state index in [0.29, 0.717) is 19.8 Å². The minimum Gasteiger partial charge on any atom is -0.371 e.